The van der Waals surface area contributed by atoms with E-state index in [2.05, 4.69) is 41.0 Å². The molecule has 6 rings (SSSR count). The maximum Gasteiger partial charge on any atom is 0.229 e. The van der Waals surface area contributed by atoms with E-state index in [1.165, 1.54) is 24.1 Å². The van der Waals surface area contributed by atoms with Crippen LogP contribution in [-0.2, 0) is 17.6 Å². The Kier molecular flexibility index (Phi) is 4.20. The van der Waals surface area contributed by atoms with Gasteiger partial charge in [-0.15, -0.1) is 0 Å². The third-order valence-electron chi connectivity index (χ3n) is 8.01. The number of aromatic nitrogens is 3. The van der Waals surface area contributed by atoms with Gasteiger partial charge in [0, 0.05) is 50.3 Å². The van der Waals surface area contributed by atoms with Gasteiger partial charge in [0.15, 0.2) is 5.65 Å². The summed E-state index contributed by atoms with van der Waals surface area (Å²) >= 11 is 0. The quantitative estimate of drug-likeness (QED) is 0.804. The first-order valence-corrected chi connectivity index (χ1v) is 11.9. The summed E-state index contributed by atoms with van der Waals surface area (Å²) in [4.78, 5) is 23.0. The standard InChI is InChI=1S/C24H34N6O/c1-23(2)10-17-11-24(3,14-23)15-29(17)22(31)16-12-28(13-16)21-18-4-7-25-8-5-19(18)27-20-6-9-26-30(20)21/h6,9,16-17,25H,4-5,7-8,10-15H2,1-3H3. The van der Waals surface area contributed by atoms with Gasteiger partial charge in [0.05, 0.1) is 17.8 Å². The van der Waals surface area contributed by atoms with Gasteiger partial charge in [0.25, 0.3) is 0 Å². The Morgan fingerprint density at radius 1 is 1.16 bits per heavy atom. The molecule has 1 amide bonds. The van der Waals surface area contributed by atoms with Crippen LogP contribution in [0.3, 0.4) is 0 Å². The fourth-order valence-electron chi connectivity index (χ4n) is 7.10. The summed E-state index contributed by atoms with van der Waals surface area (Å²) in [6.07, 6.45) is 7.29. The van der Waals surface area contributed by atoms with Gasteiger partial charge in [-0.1, -0.05) is 20.8 Å². The van der Waals surface area contributed by atoms with Crippen molar-refractivity contribution in [2.24, 2.45) is 16.7 Å². The summed E-state index contributed by atoms with van der Waals surface area (Å²) in [5, 5.41) is 8.06. The van der Waals surface area contributed by atoms with E-state index in [-0.39, 0.29) is 5.92 Å². The Balaban J connectivity index is 1.24. The maximum absolute atomic E-state index is 13.5. The van der Waals surface area contributed by atoms with Crippen molar-refractivity contribution < 1.29 is 4.79 Å². The van der Waals surface area contributed by atoms with E-state index in [0.717, 1.165) is 63.5 Å². The van der Waals surface area contributed by atoms with Crippen molar-refractivity contribution in [2.75, 3.05) is 37.6 Å². The van der Waals surface area contributed by atoms with Gasteiger partial charge < -0.3 is 15.1 Å². The second-order valence-electron chi connectivity index (χ2n) is 11.5. The van der Waals surface area contributed by atoms with Crippen LogP contribution in [0.4, 0.5) is 5.82 Å². The molecule has 2 aromatic heterocycles. The molecule has 5 heterocycles. The van der Waals surface area contributed by atoms with Crippen LogP contribution in [0.15, 0.2) is 12.3 Å². The van der Waals surface area contributed by atoms with Crippen molar-refractivity contribution in [1.29, 1.82) is 0 Å². The number of fused-ring (bicyclic) bond motifs is 4. The zero-order valence-corrected chi connectivity index (χ0v) is 19.0. The monoisotopic (exact) mass is 422 g/mol. The summed E-state index contributed by atoms with van der Waals surface area (Å²) in [6.45, 7) is 11.6. The lowest BCUT2D eigenvalue weighted by molar-refractivity contribution is -0.137. The molecule has 31 heavy (non-hydrogen) atoms. The smallest absolute Gasteiger partial charge is 0.229 e. The highest BCUT2D eigenvalue weighted by molar-refractivity contribution is 5.83. The van der Waals surface area contributed by atoms with Crippen molar-refractivity contribution in [3.63, 3.8) is 0 Å². The molecular formula is C24H34N6O. The Bertz CT molecular complexity index is 1040. The minimum absolute atomic E-state index is 0.101. The van der Waals surface area contributed by atoms with Gasteiger partial charge in [0.1, 0.15) is 5.82 Å². The fraction of sp³-hybridized carbons (Fsp3) is 0.708. The highest BCUT2D eigenvalue weighted by Gasteiger charge is 2.52. The van der Waals surface area contributed by atoms with Gasteiger partial charge in [-0.2, -0.15) is 9.61 Å². The van der Waals surface area contributed by atoms with Gasteiger partial charge in [-0.3, -0.25) is 4.79 Å². The van der Waals surface area contributed by atoms with Crippen LogP contribution in [-0.4, -0.2) is 64.2 Å². The van der Waals surface area contributed by atoms with Crippen molar-refractivity contribution in [3.05, 3.63) is 23.5 Å². The maximum atomic E-state index is 13.5. The molecule has 166 valence electrons. The first-order chi connectivity index (χ1) is 14.8. The molecule has 3 fully saturated rings. The van der Waals surface area contributed by atoms with Crippen molar-refractivity contribution >= 4 is 17.4 Å². The highest BCUT2D eigenvalue weighted by atomic mass is 16.2. The van der Waals surface area contributed by atoms with Gasteiger partial charge >= 0.3 is 0 Å². The minimum Gasteiger partial charge on any atom is -0.354 e. The molecule has 0 radical (unpaired) electrons. The van der Waals surface area contributed by atoms with E-state index in [1.807, 2.05) is 16.8 Å². The van der Waals surface area contributed by atoms with Gasteiger partial charge in [0.2, 0.25) is 5.91 Å². The Labute approximate surface area is 184 Å². The lowest BCUT2D eigenvalue weighted by Crippen LogP contribution is -2.56. The van der Waals surface area contributed by atoms with Crippen LogP contribution in [0.25, 0.3) is 5.65 Å². The van der Waals surface area contributed by atoms with Crippen LogP contribution in [0.1, 0.15) is 51.3 Å². The summed E-state index contributed by atoms with van der Waals surface area (Å²) in [6, 6.07) is 2.41. The molecule has 1 saturated carbocycles. The number of anilines is 1. The second kappa shape index (κ2) is 6.67. The summed E-state index contributed by atoms with van der Waals surface area (Å²) in [7, 11) is 0. The largest absolute Gasteiger partial charge is 0.354 e. The van der Waals surface area contributed by atoms with Gasteiger partial charge in [-0.25, -0.2) is 4.98 Å². The van der Waals surface area contributed by atoms with Crippen LogP contribution in [0.2, 0.25) is 0 Å². The molecular weight excluding hydrogens is 388 g/mol. The predicted octanol–water partition coefficient (Wildman–Crippen LogP) is 2.28. The molecule has 1 N–H and O–H groups in total. The lowest BCUT2D eigenvalue weighted by atomic mass is 9.65. The number of likely N-dealkylation sites (tertiary alicyclic amines) is 1. The van der Waals surface area contributed by atoms with Crippen LogP contribution >= 0.6 is 0 Å². The van der Waals surface area contributed by atoms with Crippen molar-refractivity contribution in [3.8, 4) is 0 Å². The highest BCUT2D eigenvalue weighted by Crippen LogP contribution is 2.53. The Hall–Kier alpha value is -2.15. The molecule has 4 aliphatic rings. The molecule has 0 aromatic carbocycles. The number of hydrogen-bond donors (Lipinski definition) is 1. The first-order valence-electron chi connectivity index (χ1n) is 11.9. The summed E-state index contributed by atoms with van der Waals surface area (Å²) < 4.78 is 1.98. The summed E-state index contributed by atoms with van der Waals surface area (Å²) in [5.41, 5.74) is 4.04. The molecule has 2 aromatic rings. The summed E-state index contributed by atoms with van der Waals surface area (Å²) in [5.74, 6) is 1.64. The first kappa shape index (κ1) is 19.5. The molecule has 2 bridgehead atoms. The number of amides is 1. The van der Waals surface area contributed by atoms with Crippen LogP contribution < -0.4 is 10.2 Å². The fourth-order valence-corrected chi connectivity index (χ4v) is 7.10. The van der Waals surface area contributed by atoms with E-state index in [1.54, 1.807) is 0 Å². The zero-order chi connectivity index (χ0) is 21.4. The van der Waals surface area contributed by atoms with E-state index >= 15 is 0 Å². The van der Waals surface area contributed by atoms with Crippen molar-refractivity contribution in [2.45, 2.75) is 58.9 Å². The number of rotatable bonds is 2. The third kappa shape index (κ3) is 3.15. The van der Waals surface area contributed by atoms with Gasteiger partial charge in [-0.05, 0) is 43.1 Å². The topological polar surface area (TPSA) is 65.8 Å². The normalized spacial score (nSPS) is 30.2. The number of nitrogens with one attached hydrogen (secondary N) is 1. The van der Waals surface area contributed by atoms with Crippen molar-refractivity contribution in [1.82, 2.24) is 24.8 Å². The average Bonchev–Trinajstić information content (AvgIpc) is 3.12. The minimum atomic E-state index is 0.101. The van der Waals surface area contributed by atoms with E-state index in [4.69, 9.17) is 4.98 Å². The molecule has 7 nitrogen and oxygen atoms in total. The number of nitrogens with zero attached hydrogens (tertiary/aromatic N) is 5. The van der Waals surface area contributed by atoms with Crippen LogP contribution in [0.5, 0.6) is 0 Å². The molecule has 0 spiro atoms. The molecule has 2 atom stereocenters. The number of carbonyl (C=O) groups is 1. The Morgan fingerprint density at radius 2 is 1.97 bits per heavy atom. The van der Waals surface area contributed by atoms with Crippen LogP contribution in [0, 0.1) is 16.7 Å². The second-order valence-corrected chi connectivity index (χ2v) is 11.5. The Morgan fingerprint density at radius 3 is 2.81 bits per heavy atom. The lowest BCUT2D eigenvalue weighted by Gasteiger charge is -2.43. The average molecular weight is 423 g/mol. The molecule has 7 heteroatoms. The third-order valence-corrected chi connectivity index (χ3v) is 8.01. The van der Waals surface area contributed by atoms with E-state index in [9.17, 15) is 4.79 Å². The zero-order valence-electron chi connectivity index (χ0n) is 19.0. The number of hydrogen-bond acceptors (Lipinski definition) is 5. The predicted molar refractivity (Wildman–Crippen MR) is 120 cm³/mol. The molecule has 3 aliphatic heterocycles. The molecule has 2 saturated heterocycles. The SMILES string of the molecule is CC1(C)CC2CC(C)(CN2C(=O)C2CN(c3c4c(nc5ccnn35)CCNCC4)C2)C1. The molecule has 2 unspecified atom stereocenters. The van der Waals surface area contributed by atoms with E-state index < -0.39 is 0 Å². The number of carbonyl (C=O) groups excluding carboxylic acids is 1. The van der Waals surface area contributed by atoms with E-state index in [0.29, 0.717) is 22.8 Å². The molecule has 1 aliphatic carbocycles.